The second kappa shape index (κ2) is 6.57. The highest BCUT2D eigenvalue weighted by atomic mass is 32.1. The highest BCUT2D eigenvalue weighted by molar-refractivity contribution is 7.09. The lowest BCUT2D eigenvalue weighted by Crippen LogP contribution is -2.22. The van der Waals surface area contributed by atoms with E-state index in [1.807, 2.05) is 17.5 Å². The minimum atomic E-state index is -4.42. The number of ether oxygens (including phenoxy) is 1. The summed E-state index contributed by atoms with van der Waals surface area (Å²) in [4.78, 5) is 16.5. The van der Waals surface area contributed by atoms with E-state index in [4.69, 9.17) is 0 Å². The van der Waals surface area contributed by atoms with Gasteiger partial charge in [-0.25, -0.2) is 4.98 Å². The summed E-state index contributed by atoms with van der Waals surface area (Å²) in [6.45, 7) is -1.02. The van der Waals surface area contributed by atoms with Crippen LogP contribution in [0.5, 0.6) is 5.88 Å². The maximum Gasteiger partial charge on any atom is 0.422 e. The number of carbonyl (C=O) groups is 1. The van der Waals surface area contributed by atoms with E-state index in [0.29, 0.717) is 6.54 Å². The molecule has 8 heteroatoms. The van der Waals surface area contributed by atoms with Crippen molar-refractivity contribution in [2.24, 2.45) is 0 Å². The smallest absolute Gasteiger partial charge is 0.422 e. The fourth-order valence-electron chi connectivity index (χ4n) is 1.44. The van der Waals surface area contributed by atoms with Crippen molar-refractivity contribution in [2.45, 2.75) is 12.7 Å². The number of rotatable bonds is 5. The predicted molar refractivity (Wildman–Crippen MR) is 71.3 cm³/mol. The van der Waals surface area contributed by atoms with Crippen molar-refractivity contribution in [3.8, 4) is 5.88 Å². The van der Waals surface area contributed by atoms with Crippen LogP contribution in [0.25, 0.3) is 0 Å². The lowest BCUT2D eigenvalue weighted by atomic mass is 10.2. The molecule has 0 aromatic carbocycles. The first kappa shape index (κ1) is 15.3. The minimum Gasteiger partial charge on any atom is -0.468 e. The molecule has 0 aliphatic carbocycles. The van der Waals surface area contributed by atoms with Crippen molar-refractivity contribution in [1.82, 2.24) is 10.3 Å². The number of hydrogen-bond donors (Lipinski definition) is 1. The highest BCUT2D eigenvalue weighted by Gasteiger charge is 2.28. The largest absolute Gasteiger partial charge is 0.468 e. The first-order valence-corrected chi connectivity index (χ1v) is 6.78. The quantitative estimate of drug-likeness (QED) is 0.922. The zero-order valence-electron chi connectivity index (χ0n) is 10.7. The predicted octanol–water partition coefficient (Wildman–Crippen LogP) is 3.01. The van der Waals surface area contributed by atoms with Gasteiger partial charge in [-0.2, -0.15) is 13.2 Å². The standard InChI is InChI=1S/C13H11F3N2O2S/c14-13(15,16)8-20-11-4-3-9(6-17-11)12(19)18-7-10-2-1-5-21-10/h1-6H,7-8H2,(H,18,19). The molecular weight excluding hydrogens is 305 g/mol. The molecule has 112 valence electrons. The van der Waals surface area contributed by atoms with Crippen LogP contribution in [0.3, 0.4) is 0 Å². The molecule has 1 amide bonds. The average molecular weight is 316 g/mol. The summed E-state index contributed by atoms with van der Waals surface area (Å²) in [7, 11) is 0. The van der Waals surface area contributed by atoms with Crippen LogP contribution in [0.2, 0.25) is 0 Å². The zero-order valence-corrected chi connectivity index (χ0v) is 11.5. The number of pyridine rings is 1. The number of halogens is 3. The van der Waals surface area contributed by atoms with Crippen LogP contribution in [-0.4, -0.2) is 23.7 Å². The number of carbonyl (C=O) groups excluding carboxylic acids is 1. The minimum absolute atomic E-state index is 0.179. The van der Waals surface area contributed by atoms with E-state index in [1.165, 1.54) is 29.7 Å². The van der Waals surface area contributed by atoms with Gasteiger partial charge in [0, 0.05) is 17.1 Å². The third-order valence-electron chi connectivity index (χ3n) is 2.39. The molecule has 2 rings (SSSR count). The summed E-state index contributed by atoms with van der Waals surface area (Å²) >= 11 is 1.51. The van der Waals surface area contributed by atoms with Crippen LogP contribution in [0, 0.1) is 0 Å². The van der Waals surface area contributed by atoms with Crippen LogP contribution in [0.4, 0.5) is 13.2 Å². The molecule has 21 heavy (non-hydrogen) atoms. The maximum atomic E-state index is 12.0. The molecule has 2 heterocycles. The van der Waals surface area contributed by atoms with Crippen molar-refractivity contribution in [3.05, 3.63) is 46.3 Å². The van der Waals surface area contributed by atoms with E-state index in [9.17, 15) is 18.0 Å². The number of hydrogen-bond acceptors (Lipinski definition) is 4. The van der Waals surface area contributed by atoms with Gasteiger partial charge in [0.05, 0.1) is 12.1 Å². The maximum absolute atomic E-state index is 12.0. The Morgan fingerprint density at radius 2 is 2.14 bits per heavy atom. The third kappa shape index (κ3) is 5.07. The Hall–Kier alpha value is -2.09. The molecule has 2 aromatic heterocycles. The van der Waals surface area contributed by atoms with E-state index in [2.05, 4.69) is 15.0 Å². The van der Waals surface area contributed by atoms with Gasteiger partial charge in [0.25, 0.3) is 5.91 Å². The molecule has 0 bridgehead atoms. The second-order valence-corrected chi connectivity index (χ2v) is 5.08. The normalized spacial score (nSPS) is 11.2. The van der Waals surface area contributed by atoms with Crippen molar-refractivity contribution >= 4 is 17.2 Å². The highest BCUT2D eigenvalue weighted by Crippen LogP contribution is 2.17. The van der Waals surface area contributed by atoms with Crippen molar-refractivity contribution in [1.29, 1.82) is 0 Å². The summed E-state index contributed by atoms with van der Waals surface area (Å²) in [5.74, 6) is -0.527. The van der Waals surface area contributed by atoms with Gasteiger partial charge in [-0.3, -0.25) is 4.79 Å². The van der Waals surface area contributed by atoms with E-state index in [1.54, 1.807) is 0 Å². The van der Waals surface area contributed by atoms with E-state index in [-0.39, 0.29) is 17.4 Å². The molecule has 4 nitrogen and oxygen atoms in total. The molecule has 2 aromatic rings. The molecule has 0 fully saturated rings. The first-order valence-electron chi connectivity index (χ1n) is 5.90. The molecule has 0 spiro atoms. The lowest BCUT2D eigenvalue weighted by molar-refractivity contribution is -0.154. The van der Waals surface area contributed by atoms with Crippen LogP contribution in [0.1, 0.15) is 15.2 Å². The van der Waals surface area contributed by atoms with Gasteiger partial charge in [0.2, 0.25) is 5.88 Å². The van der Waals surface area contributed by atoms with Crippen molar-refractivity contribution < 1.29 is 22.7 Å². The van der Waals surface area contributed by atoms with Crippen LogP contribution < -0.4 is 10.1 Å². The van der Waals surface area contributed by atoms with Gasteiger partial charge >= 0.3 is 6.18 Å². The Morgan fingerprint density at radius 3 is 2.71 bits per heavy atom. The van der Waals surface area contributed by atoms with Crippen molar-refractivity contribution in [2.75, 3.05) is 6.61 Å². The second-order valence-electron chi connectivity index (χ2n) is 4.05. The monoisotopic (exact) mass is 316 g/mol. The van der Waals surface area contributed by atoms with E-state index in [0.717, 1.165) is 4.88 Å². The zero-order chi connectivity index (χ0) is 15.3. The van der Waals surface area contributed by atoms with Gasteiger partial charge in [0.1, 0.15) is 0 Å². The van der Waals surface area contributed by atoms with Crippen LogP contribution in [0.15, 0.2) is 35.8 Å². The van der Waals surface area contributed by atoms with Gasteiger partial charge in [-0.05, 0) is 17.5 Å². The van der Waals surface area contributed by atoms with Gasteiger partial charge in [0.15, 0.2) is 6.61 Å². The summed E-state index contributed by atoms with van der Waals surface area (Å²) in [5.41, 5.74) is 0.255. The SMILES string of the molecule is O=C(NCc1cccs1)c1ccc(OCC(F)(F)F)nc1. The molecule has 0 saturated heterocycles. The summed E-state index contributed by atoms with van der Waals surface area (Å²) < 4.78 is 40.4. The lowest BCUT2D eigenvalue weighted by Gasteiger charge is -2.08. The van der Waals surface area contributed by atoms with Gasteiger partial charge in [-0.1, -0.05) is 6.07 Å². The van der Waals surface area contributed by atoms with E-state index >= 15 is 0 Å². The molecule has 1 N–H and O–H groups in total. The molecule has 0 unspecified atom stereocenters. The average Bonchev–Trinajstić information content (AvgIpc) is 2.95. The Kier molecular flexibility index (Phi) is 4.79. The topological polar surface area (TPSA) is 51.2 Å². The van der Waals surface area contributed by atoms with Crippen molar-refractivity contribution in [3.63, 3.8) is 0 Å². The first-order chi connectivity index (χ1) is 9.94. The molecular formula is C13H11F3N2O2S. The molecule has 0 saturated carbocycles. The van der Waals surface area contributed by atoms with Crippen LogP contribution >= 0.6 is 11.3 Å². The molecule has 0 radical (unpaired) electrons. The summed E-state index contributed by atoms with van der Waals surface area (Å²) in [5, 5.41) is 4.59. The van der Waals surface area contributed by atoms with Gasteiger partial charge < -0.3 is 10.1 Å². The fourth-order valence-corrected chi connectivity index (χ4v) is 2.08. The number of thiophene rings is 1. The molecule has 0 atom stereocenters. The summed E-state index contributed by atoms with van der Waals surface area (Å²) in [6, 6.07) is 6.35. The Balaban J connectivity index is 1.87. The van der Waals surface area contributed by atoms with Gasteiger partial charge in [-0.15, -0.1) is 11.3 Å². The van der Waals surface area contributed by atoms with E-state index < -0.39 is 12.8 Å². The third-order valence-corrected chi connectivity index (χ3v) is 3.26. The number of nitrogens with zero attached hydrogens (tertiary/aromatic N) is 1. The summed E-state index contributed by atoms with van der Waals surface area (Å²) in [6.07, 6.45) is -3.24. The number of amides is 1. The molecule has 0 aliphatic rings. The fraction of sp³-hybridized carbons (Fsp3) is 0.231. The Labute approximate surface area is 122 Å². The molecule has 0 aliphatic heterocycles. The number of nitrogens with one attached hydrogen (secondary N) is 1. The van der Waals surface area contributed by atoms with Crippen LogP contribution in [-0.2, 0) is 6.54 Å². The Bertz CT molecular complexity index is 582. The Morgan fingerprint density at radius 1 is 1.33 bits per heavy atom. The number of aromatic nitrogens is 1. The number of alkyl halides is 3.